The van der Waals surface area contributed by atoms with E-state index in [9.17, 15) is 9.59 Å². The molecular formula is C20H14N2O3S. The molecule has 6 heteroatoms. The molecule has 1 aliphatic heterocycles. The van der Waals surface area contributed by atoms with Gasteiger partial charge in [0.15, 0.2) is 5.13 Å². The van der Waals surface area contributed by atoms with Crippen molar-refractivity contribution in [3.05, 3.63) is 48.9 Å². The molecule has 2 bridgehead atoms. The summed E-state index contributed by atoms with van der Waals surface area (Å²) in [7, 11) is 0. The molecule has 4 atom stereocenters. The molecular weight excluding hydrogens is 348 g/mol. The molecule has 2 amide bonds. The van der Waals surface area contributed by atoms with Gasteiger partial charge in [0.05, 0.1) is 34.6 Å². The molecule has 0 spiro atoms. The normalized spacial score (nSPS) is 29.3. The number of nitrogens with zero attached hydrogens (tertiary/aromatic N) is 2. The summed E-state index contributed by atoms with van der Waals surface area (Å²) in [5.74, 6) is -0.101. The molecule has 2 aliphatic carbocycles. The van der Waals surface area contributed by atoms with Crippen LogP contribution in [-0.2, 0) is 9.59 Å². The van der Waals surface area contributed by atoms with E-state index in [1.165, 1.54) is 16.2 Å². The van der Waals surface area contributed by atoms with Crippen LogP contribution in [0.5, 0.6) is 0 Å². The summed E-state index contributed by atoms with van der Waals surface area (Å²) in [6.07, 6.45) is 8.49. The monoisotopic (exact) mass is 362 g/mol. The van der Waals surface area contributed by atoms with Gasteiger partial charge in [0, 0.05) is 5.56 Å². The quantitative estimate of drug-likeness (QED) is 0.513. The number of hydrogen-bond acceptors (Lipinski definition) is 5. The number of carbonyl (C=O) groups excluding carboxylic acids is 2. The minimum atomic E-state index is -0.189. The Kier molecular flexibility index (Phi) is 2.73. The molecule has 2 fully saturated rings. The summed E-state index contributed by atoms with van der Waals surface area (Å²) in [6, 6.07) is 7.83. The molecule has 1 saturated heterocycles. The van der Waals surface area contributed by atoms with Crippen LogP contribution in [0.25, 0.3) is 21.3 Å². The molecule has 6 rings (SSSR count). The van der Waals surface area contributed by atoms with Gasteiger partial charge in [-0.15, -0.1) is 0 Å². The predicted molar refractivity (Wildman–Crippen MR) is 97.5 cm³/mol. The second-order valence-electron chi connectivity index (χ2n) is 7.20. The Labute approximate surface area is 152 Å². The van der Waals surface area contributed by atoms with Gasteiger partial charge in [-0.1, -0.05) is 29.6 Å². The largest absolute Gasteiger partial charge is 0.472 e. The molecule has 5 nitrogen and oxygen atoms in total. The second-order valence-corrected chi connectivity index (χ2v) is 8.21. The van der Waals surface area contributed by atoms with Crippen molar-refractivity contribution in [3.8, 4) is 11.1 Å². The van der Waals surface area contributed by atoms with Crippen LogP contribution >= 0.6 is 11.3 Å². The maximum Gasteiger partial charge on any atom is 0.240 e. The molecule has 0 radical (unpaired) electrons. The molecule has 1 saturated carbocycles. The Hall–Kier alpha value is -2.73. The van der Waals surface area contributed by atoms with Gasteiger partial charge in [-0.05, 0) is 42.0 Å². The highest BCUT2D eigenvalue weighted by Gasteiger charge is 2.60. The van der Waals surface area contributed by atoms with E-state index in [1.54, 1.807) is 12.5 Å². The van der Waals surface area contributed by atoms with Crippen LogP contribution in [0, 0.1) is 23.7 Å². The first-order valence-corrected chi connectivity index (χ1v) is 9.51. The number of thiazole rings is 1. The van der Waals surface area contributed by atoms with Gasteiger partial charge in [-0.25, -0.2) is 9.88 Å². The molecule has 3 aliphatic rings. The van der Waals surface area contributed by atoms with Gasteiger partial charge in [-0.2, -0.15) is 0 Å². The van der Waals surface area contributed by atoms with Crippen molar-refractivity contribution in [3.63, 3.8) is 0 Å². The fraction of sp³-hybridized carbons (Fsp3) is 0.250. The number of hydrogen-bond donors (Lipinski definition) is 0. The van der Waals surface area contributed by atoms with Crippen LogP contribution in [0.1, 0.15) is 6.42 Å². The Morgan fingerprint density at radius 2 is 1.81 bits per heavy atom. The fourth-order valence-electron chi connectivity index (χ4n) is 4.71. The number of carbonyl (C=O) groups is 2. The predicted octanol–water partition coefficient (Wildman–Crippen LogP) is 3.87. The van der Waals surface area contributed by atoms with E-state index in [0.29, 0.717) is 5.13 Å². The molecule has 3 heterocycles. The number of furan rings is 1. The van der Waals surface area contributed by atoms with Gasteiger partial charge < -0.3 is 4.42 Å². The Bertz CT molecular complexity index is 1070. The van der Waals surface area contributed by atoms with Gasteiger partial charge in [0.25, 0.3) is 0 Å². The summed E-state index contributed by atoms with van der Waals surface area (Å²) in [5, 5.41) is 0.494. The van der Waals surface area contributed by atoms with E-state index in [1.807, 2.05) is 24.3 Å². The number of allylic oxidation sites excluding steroid dienone is 2. The number of amides is 2. The van der Waals surface area contributed by atoms with Crippen molar-refractivity contribution in [2.45, 2.75) is 6.42 Å². The minimum Gasteiger partial charge on any atom is -0.472 e. The SMILES string of the molecule is O=C1[C@@H]2[C@H](C(=O)N1c1nc3ccc(-c4ccoc4)cc3s1)[C@@H]1C=C[C@H]2C1. The number of imide groups is 1. The van der Waals surface area contributed by atoms with Crippen molar-refractivity contribution in [2.75, 3.05) is 4.90 Å². The van der Waals surface area contributed by atoms with Crippen molar-refractivity contribution in [1.29, 1.82) is 0 Å². The number of benzene rings is 1. The first kappa shape index (κ1) is 14.4. The molecule has 0 N–H and O–H groups in total. The number of aromatic nitrogens is 1. The third-order valence-electron chi connectivity index (χ3n) is 5.89. The highest BCUT2D eigenvalue weighted by molar-refractivity contribution is 7.22. The number of rotatable bonds is 2. The van der Waals surface area contributed by atoms with Crippen molar-refractivity contribution in [2.24, 2.45) is 23.7 Å². The highest BCUT2D eigenvalue weighted by Crippen LogP contribution is 2.53. The molecule has 3 aromatic rings. The standard InChI is InChI=1S/C20H14N2O3S/c23-18-16-11-1-2-12(7-11)17(16)19(24)22(18)20-21-14-4-3-10(8-15(14)26-20)13-5-6-25-9-13/h1-6,8-9,11-12,16-17H,7H2/t11-,12+,16-,17+. The van der Waals surface area contributed by atoms with Gasteiger partial charge in [0.2, 0.25) is 11.8 Å². The summed E-state index contributed by atoms with van der Waals surface area (Å²) in [4.78, 5) is 31.8. The Balaban J connectivity index is 1.41. The Morgan fingerprint density at radius 3 is 2.50 bits per heavy atom. The number of anilines is 1. The van der Waals surface area contributed by atoms with E-state index < -0.39 is 0 Å². The molecule has 1 aromatic carbocycles. The van der Waals surface area contributed by atoms with Crippen LogP contribution < -0.4 is 4.90 Å². The number of fused-ring (bicyclic) bond motifs is 6. The fourth-order valence-corrected chi connectivity index (χ4v) is 5.72. The summed E-state index contributed by atoms with van der Waals surface area (Å²) >= 11 is 1.40. The molecule has 26 heavy (non-hydrogen) atoms. The topological polar surface area (TPSA) is 63.4 Å². The average molecular weight is 362 g/mol. The highest BCUT2D eigenvalue weighted by atomic mass is 32.1. The summed E-state index contributed by atoms with van der Waals surface area (Å²) < 4.78 is 6.10. The summed E-state index contributed by atoms with van der Waals surface area (Å²) in [5.41, 5.74) is 2.82. The molecule has 0 unspecified atom stereocenters. The summed E-state index contributed by atoms with van der Waals surface area (Å²) in [6.45, 7) is 0. The maximum absolute atomic E-state index is 12.9. The third-order valence-corrected chi connectivity index (χ3v) is 6.90. The lowest BCUT2D eigenvalue weighted by molar-refractivity contribution is -0.123. The smallest absolute Gasteiger partial charge is 0.240 e. The first-order chi connectivity index (χ1) is 12.7. The van der Waals surface area contributed by atoms with Crippen molar-refractivity contribution in [1.82, 2.24) is 4.98 Å². The van der Waals surface area contributed by atoms with Crippen LogP contribution in [0.15, 0.2) is 53.4 Å². The third kappa shape index (κ3) is 1.77. The van der Waals surface area contributed by atoms with Crippen molar-refractivity contribution < 1.29 is 14.0 Å². The van der Waals surface area contributed by atoms with E-state index in [0.717, 1.165) is 27.8 Å². The van der Waals surface area contributed by atoms with Crippen LogP contribution in [0.2, 0.25) is 0 Å². The van der Waals surface area contributed by atoms with E-state index in [2.05, 4.69) is 17.1 Å². The van der Waals surface area contributed by atoms with Crippen LogP contribution in [0.4, 0.5) is 5.13 Å². The first-order valence-electron chi connectivity index (χ1n) is 8.70. The van der Waals surface area contributed by atoms with Crippen molar-refractivity contribution >= 4 is 38.5 Å². The zero-order valence-corrected chi connectivity index (χ0v) is 14.5. The molecule has 2 aromatic heterocycles. The van der Waals surface area contributed by atoms with Gasteiger partial charge >= 0.3 is 0 Å². The average Bonchev–Trinajstić information content (AvgIpc) is 3.44. The molecule has 128 valence electrons. The van der Waals surface area contributed by atoms with Crippen LogP contribution in [-0.4, -0.2) is 16.8 Å². The van der Waals surface area contributed by atoms with E-state index in [4.69, 9.17) is 4.42 Å². The zero-order chi connectivity index (χ0) is 17.4. The zero-order valence-electron chi connectivity index (χ0n) is 13.7. The maximum atomic E-state index is 12.9. The van der Waals surface area contributed by atoms with Gasteiger partial charge in [-0.3, -0.25) is 9.59 Å². The van der Waals surface area contributed by atoms with E-state index in [-0.39, 0.29) is 35.5 Å². The Morgan fingerprint density at radius 1 is 1.04 bits per heavy atom. The lowest BCUT2D eigenvalue weighted by Gasteiger charge is -2.14. The van der Waals surface area contributed by atoms with Crippen LogP contribution in [0.3, 0.4) is 0 Å². The second kappa shape index (κ2) is 4.92. The lowest BCUT2D eigenvalue weighted by atomic mass is 9.85. The van der Waals surface area contributed by atoms with E-state index >= 15 is 0 Å². The minimum absolute atomic E-state index is 0.0778. The lowest BCUT2D eigenvalue weighted by Crippen LogP contribution is -2.32. The van der Waals surface area contributed by atoms with Gasteiger partial charge in [0.1, 0.15) is 0 Å².